The number of hydrogen-bond acceptors (Lipinski definition) is 5. The molecule has 1 aliphatic carbocycles. The molecule has 2 atom stereocenters. The van der Waals surface area contributed by atoms with Crippen LogP contribution in [0.3, 0.4) is 0 Å². The lowest BCUT2D eigenvalue weighted by atomic mass is 9.86. The average molecular weight is 364 g/mol. The molecular weight excluding hydrogens is 332 g/mol. The highest BCUT2D eigenvalue weighted by Crippen LogP contribution is 2.26. The minimum Gasteiger partial charge on any atom is -0.466 e. The molecule has 0 aromatic carbocycles. The third kappa shape index (κ3) is 6.15. The van der Waals surface area contributed by atoms with E-state index in [4.69, 9.17) is 9.47 Å². The van der Waals surface area contributed by atoms with Crippen LogP contribution < -0.4 is 0 Å². The largest absolute Gasteiger partial charge is 0.466 e. The molecular formula is C20H32N2O4. The fourth-order valence-corrected chi connectivity index (χ4v) is 3.74. The Morgan fingerprint density at radius 1 is 1.27 bits per heavy atom. The Hall–Kier alpha value is -1.85. The lowest BCUT2D eigenvalue weighted by molar-refractivity contribution is -0.156. The van der Waals surface area contributed by atoms with E-state index in [9.17, 15) is 9.59 Å². The van der Waals surface area contributed by atoms with Gasteiger partial charge in [0.2, 0.25) is 0 Å². The number of carbonyl (C=O) groups excluding carboxylic acids is 2. The Balaban J connectivity index is 1.99. The van der Waals surface area contributed by atoms with Gasteiger partial charge in [-0.05, 0) is 31.6 Å². The fourth-order valence-electron chi connectivity index (χ4n) is 3.74. The summed E-state index contributed by atoms with van der Waals surface area (Å²) in [5, 5.41) is 0. The molecule has 1 aliphatic rings. The van der Waals surface area contributed by atoms with Crippen molar-refractivity contribution in [1.29, 1.82) is 0 Å². The molecule has 1 heterocycles. The van der Waals surface area contributed by atoms with Gasteiger partial charge in [-0.15, -0.1) is 0 Å². The number of imidazole rings is 1. The zero-order chi connectivity index (χ0) is 18.9. The number of aryl methyl sites for hydroxylation is 1. The second-order valence-electron chi connectivity index (χ2n) is 7.41. The lowest BCUT2D eigenvalue weighted by Crippen LogP contribution is -2.32. The Kier molecular flexibility index (Phi) is 8.13. The maximum Gasteiger partial charge on any atom is 0.309 e. The zero-order valence-corrected chi connectivity index (χ0v) is 16.3. The van der Waals surface area contributed by atoms with E-state index in [1.165, 1.54) is 26.2 Å². The van der Waals surface area contributed by atoms with Crippen LogP contribution in [0, 0.1) is 17.8 Å². The summed E-state index contributed by atoms with van der Waals surface area (Å²) in [5.74, 6) is -0.400. The van der Waals surface area contributed by atoms with Gasteiger partial charge in [0, 0.05) is 31.8 Å². The number of ether oxygens (including phenoxy) is 2. The number of rotatable bonds is 9. The second-order valence-corrected chi connectivity index (χ2v) is 7.41. The molecule has 1 aromatic rings. The summed E-state index contributed by atoms with van der Waals surface area (Å²) in [6.07, 6.45) is 10.9. The van der Waals surface area contributed by atoms with E-state index < -0.39 is 0 Å². The normalized spacial score (nSPS) is 17.5. The summed E-state index contributed by atoms with van der Waals surface area (Å²) < 4.78 is 12.8. The molecule has 6 heteroatoms. The van der Waals surface area contributed by atoms with Gasteiger partial charge >= 0.3 is 11.9 Å². The van der Waals surface area contributed by atoms with E-state index in [-0.39, 0.29) is 30.4 Å². The Morgan fingerprint density at radius 2 is 2.00 bits per heavy atom. The van der Waals surface area contributed by atoms with Crippen molar-refractivity contribution in [1.82, 2.24) is 9.55 Å². The molecule has 2 rings (SSSR count). The lowest BCUT2D eigenvalue weighted by Gasteiger charge is -2.26. The van der Waals surface area contributed by atoms with E-state index in [0.717, 1.165) is 18.5 Å². The first-order chi connectivity index (χ1) is 12.5. The average Bonchev–Trinajstić information content (AvgIpc) is 3.04. The molecule has 146 valence electrons. The van der Waals surface area contributed by atoms with Crippen molar-refractivity contribution >= 4 is 11.9 Å². The number of carbonyl (C=O) groups is 2. The molecule has 0 radical (unpaired) electrons. The van der Waals surface area contributed by atoms with Crippen molar-refractivity contribution in [2.75, 3.05) is 13.2 Å². The van der Waals surface area contributed by atoms with Crippen LogP contribution in [0.1, 0.15) is 58.1 Å². The molecule has 6 nitrogen and oxygen atoms in total. The van der Waals surface area contributed by atoms with Gasteiger partial charge in [0.25, 0.3) is 0 Å². The summed E-state index contributed by atoms with van der Waals surface area (Å²) in [6, 6.07) is 0. The number of aromatic nitrogens is 2. The van der Waals surface area contributed by atoms with Crippen LogP contribution in [-0.2, 0) is 32.5 Å². The van der Waals surface area contributed by atoms with Crippen LogP contribution >= 0.6 is 0 Å². The van der Waals surface area contributed by atoms with Crippen LogP contribution in [-0.4, -0.2) is 34.7 Å². The molecule has 0 saturated heterocycles. The molecule has 1 aromatic heterocycles. The predicted octanol–water partition coefficient (Wildman–Crippen LogP) is 3.29. The molecule has 0 bridgehead atoms. The molecule has 1 saturated carbocycles. The van der Waals surface area contributed by atoms with Gasteiger partial charge in [-0.1, -0.05) is 26.2 Å². The van der Waals surface area contributed by atoms with E-state index >= 15 is 0 Å². The highest BCUT2D eigenvalue weighted by Gasteiger charge is 2.30. The van der Waals surface area contributed by atoms with Gasteiger partial charge in [0.15, 0.2) is 0 Å². The fraction of sp³-hybridized carbons (Fsp3) is 0.750. The standard InChI is InChI=1S/C20H32N2O4/c1-4-19(20(24)26-12-16-8-6-5-7-9-16)17(13-25-15(2)23)10-18-11-21-14-22(18)3/h11,14,16-17,19H,4-10,12-13H2,1-3H3/t17-,19-/m0/s1. The SMILES string of the molecule is CC[C@H](C(=O)OCC1CCCCC1)[C@H](COC(C)=O)Cc1cncn1C. The van der Waals surface area contributed by atoms with Gasteiger partial charge in [0.1, 0.15) is 0 Å². The third-order valence-electron chi connectivity index (χ3n) is 5.39. The van der Waals surface area contributed by atoms with E-state index in [1.54, 1.807) is 12.5 Å². The number of esters is 2. The van der Waals surface area contributed by atoms with Crippen molar-refractivity contribution in [2.45, 2.75) is 58.8 Å². The summed E-state index contributed by atoms with van der Waals surface area (Å²) >= 11 is 0. The van der Waals surface area contributed by atoms with Crippen molar-refractivity contribution in [2.24, 2.45) is 24.8 Å². The number of nitrogens with zero attached hydrogens (tertiary/aromatic N) is 2. The number of hydrogen-bond donors (Lipinski definition) is 0. The van der Waals surface area contributed by atoms with Crippen LogP contribution in [0.2, 0.25) is 0 Å². The van der Waals surface area contributed by atoms with Crippen molar-refractivity contribution in [3.8, 4) is 0 Å². The minimum absolute atomic E-state index is 0.113. The predicted molar refractivity (Wildman–Crippen MR) is 98.4 cm³/mol. The summed E-state index contributed by atoms with van der Waals surface area (Å²) in [5.41, 5.74) is 1.01. The Morgan fingerprint density at radius 3 is 2.58 bits per heavy atom. The monoisotopic (exact) mass is 364 g/mol. The van der Waals surface area contributed by atoms with Crippen LogP contribution in [0.25, 0.3) is 0 Å². The topological polar surface area (TPSA) is 70.4 Å². The first-order valence-corrected chi connectivity index (χ1v) is 9.76. The highest BCUT2D eigenvalue weighted by molar-refractivity contribution is 5.73. The summed E-state index contributed by atoms with van der Waals surface area (Å²) in [4.78, 5) is 28.1. The summed E-state index contributed by atoms with van der Waals surface area (Å²) in [7, 11) is 1.92. The smallest absolute Gasteiger partial charge is 0.309 e. The molecule has 1 fully saturated rings. The van der Waals surface area contributed by atoms with Crippen LogP contribution in [0.5, 0.6) is 0 Å². The Bertz CT molecular complexity index is 578. The molecule has 0 amide bonds. The zero-order valence-electron chi connectivity index (χ0n) is 16.3. The van der Waals surface area contributed by atoms with Gasteiger partial charge in [-0.3, -0.25) is 9.59 Å². The van der Waals surface area contributed by atoms with Crippen molar-refractivity contribution in [3.63, 3.8) is 0 Å². The molecule has 0 N–H and O–H groups in total. The second kappa shape index (κ2) is 10.3. The maximum atomic E-state index is 12.7. The molecule has 0 spiro atoms. The van der Waals surface area contributed by atoms with Crippen LogP contribution in [0.15, 0.2) is 12.5 Å². The maximum absolute atomic E-state index is 12.7. The van der Waals surface area contributed by atoms with Gasteiger partial charge < -0.3 is 14.0 Å². The quantitative estimate of drug-likeness (QED) is 0.629. The molecule has 0 aliphatic heterocycles. The van der Waals surface area contributed by atoms with Gasteiger partial charge in [-0.25, -0.2) is 4.98 Å². The van der Waals surface area contributed by atoms with Crippen LogP contribution in [0.4, 0.5) is 0 Å². The van der Waals surface area contributed by atoms with Gasteiger partial charge in [-0.2, -0.15) is 0 Å². The summed E-state index contributed by atoms with van der Waals surface area (Å²) in [6.45, 7) is 4.11. The van der Waals surface area contributed by atoms with Crippen molar-refractivity contribution in [3.05, 3.63) is 18.2 Å². The van der Waals surface area contributed by atoms with E-state index in [2.05, 4.69) is 4.98 Å². The van der Waals surface area contributed by atoms with E-state index in [0.29, 0.717) is 25.4 Å². The molecule has 26 heavy (non-hydrogen) atoms. The first-order valence-electron chi connectivity index (χ1n) is 9.76. The minimum atomic E-state index is -0.328. The third-order valence-corrected chi connectivity index (χ3v) is 5.39. The van der Waals surface area contributed by atoms with Crippen molar-refractivity contribution < 1.29 is 19.1 Å². The molecule has 0 unspecified atom stereocenters. The van der Waals surface area contributed by atoms with E-state index in [1.807, 2.05) is 18.5 Å². The van der Waals surface area contributed by atoms with Gasteiger partial charge in [0.05, 0.1) is 25.5 Å². The first kappa shape index (κ1) is 20.5. The highest BCUT2D eigenvalue weighted by atomic mass is 16.5. The Labute approximate surface area is 156 Å².